The first-order chi connectivity index (χ1) is 15.9. The van der Waals surface area contributed by atoms with Crippen molar-refractivity contribution < 1.29 is 18.0 Å². The Bertz CT molecular complexity index is 1440. The molecule has 13 heteroatoms. The SMILES string of the molecule is Cc1ccc(-c2cnc3c(-n4nncc4C(F)F)cc(C(=O)N[C@@H](C)c4nnco4)cn23)s1. The lowest BCUT2D eigenvalue weighted by molar-refractivity contribution is 0.0933. The average Bonchev–Trinajstić information content (AvgIpc) is 3.59. The number of aromatic nitrogens is 7. The molecular weight excluding hydrogens is 454 g/mol. The van der Waals surface area contributed by atoms with Gasteiger partial charge in [-0.2, -0.15) is 0 Å². The van der Waals surface area contributed by atoms with E-state index in [1.807, 2.05) is 19.1 Å². The van der Waals surface area contributed by atoms with E-state index in [9.17, 15) is 13.6 Å². The maximum Gasteiger partial charge on any atom is 0.282 e. The van der Waals surface area contributed by atoms with Crippen molar-refractivity contribution in [3.63, 3.8) is 0 Å². The summed E-state index contributed by atoms with van der Waals surface area (Å²) >= 11 is 1.55. The molecule has 5 heterocycles. The van der Waals surface area contributed by atoms with Crippen molar-refractivity contribution in [1.82, 2.24) is 39.9 Å². The Morgan fingerprint density at radius 1 is 1.24 bits per heavy atom. The lowest BCUT2D eigenvalue weighted by Crippen LogP contribution is -2.27. The number of carbonyl (C=O) groups is 1. The molecule has 0 saturated carbocycles. The van der Waals surface area contributed by atoms with Crippen LogP contribution in [-0.4, -0.2) is 40.5 Å². The van der Waals surface area contributed by atoms with Crippen LogP contribution in [0.3, 0.4) is 0 Å². The van der Waals surface area contributed by atoms with Crippen molar-refractivity contribution in [1.29, 1.82) is 0 Å². The van der Waals surface area contributed by atoms with E-state index in [0.29, 0.717) is 11.3 Å². The number of amides is 1. The molecule has 168 valence electrons. The highest BCUT2D eigenvalue weighted by molar-refractivity contribution is 7.15. The summed E-state index contributed by atoms with van der Waals surface area (Å²) in [5, 5.41) is 17.6. The number of aryl methyl sites for hydroxylation is 1. The Balaban J connectivity index is 1.66. The van der Waals surface area contributed by atoms with Gasteiger partial charge in [-0.05, 0) is 32.0 Å². The highest BCUT2D eigenvalue weighted by Crippen LogP contribution is 2.31. The van der Waals surface area contributed by atoms with E-state index in [0.717, 1.165) is 20.6 Å². The zero-order valence-corrected chi connectivity index (χ0v) is 18.1. The zero-order chi connectivity index (χ0) is 23.1. The summed E-state index contributed by atoms with van der Waals surface area (Å²) in [6, 6.07) is 4.79. The Kier molecular flexibility index (Phi) is 5.17. The molecule has 5 rings (SSSR count). The van der Waals surface area contributed by atoms with Crippen molar-refractivity contribution in [2.45, 2.75) is 26.3 Å². The number of nitrogens with zero attached hydrogens (tertiary/aromatic N) is 7. The van der Waals surface area contributed by atoms with Crippen LogP contribution in [-0.2, 0) is 0 Å². The molecule has 1 amide bonds. The van der Waals surface area contributed by atoms with E-state index in [1.165, 1.54) is 12.5 Å². The summed E-state index contributed by atoms with van der Waals surface area (Å²) in [4.78, 5) is 19.5. The van der Waals surface area contributed by atoms with Gasteiger partial charge in [0.1, 0.15) is 17.4 Å². The third-order valence-electron chi connectivity index (χ3n) is 4.96. The van der Waals surface area contributed by atoms with Gasteiger partial charge in [0.05, 0.1) is 28.5 Å². The minimum atomic E-state index is -2.82. The van der Waals surface area contributed by atoms with Gasteiger partial charge in [0.25, 0.3) is 12.3 Å². The van der Waals surface area contributed by atoms with Gasteiger partial charge in [0, 0.05) is 11.1 Å². The summed E-state index contributed by atoms with van der Waals surface area (Å²) in [6.45, 7) is 3.67. The number of rotatable bonds is 6. The second-order valence-electron chi connectivity index (χ2n) is 7.20. The van der Waals surface area contributed by atoms with Crippen molar-refractivity contribution in [3.05, 3.63) is 65.2 Å². The minimum absolute atomic E-state index is 0.195. The van der Waals surface area contributed by atoms with Crippen LogP contribution in [0.5, 0.6) is 0 Å². The molecule has 33 heavy (non-hydrogen) atoms. The molecule has 0 aromatic carbocycles. The normalized spacial score (nSPS) is 12.5. The Morgan fingerprint density at radius 3 is 2.79 bits per heavy atom. The number of imidazole rings is 1. The molecule has 0 aliphatic carbocycles. The number of halogens is 2. The van der Waals surface area contributed by atoms with Crippen LogP contribution >= 0.6 is 11.3 Å². The number of fused-ring (bicyclic) bond motifs is 1. The van der Waals surface area contributed by atoms with Gasteiger partial charge >= 0.3 is 0 Å². The number of carbonyl (C=O) groups excluding carboxylic acids is 1. The van der Waals surface area contributed by atoms with E-state index in [-0.39, 0.29) is 17.1 Å². The molecule has 0 unspecified atom stereocenters. The number of hydrogen-bond donors (Lipinski definition) is 1. The molecule has 0 spiro atoms. The van der Waals surface area contributed by atoms with Gasteiger partial charge in [-0.1, -0.05) is 5.21 Å². The molecule has 0 bridgehead atoms. The Hall–Kier alpha value is -4.00. The summed E-state index contributed by atoms with van der Waals surface area (Å²) in [5.74, 6) is -0.233. The van der Waals surface area contributed by atoms with Gasteiger partial charge in [0.2, 0.25) is 12.3 Å². The van der Waals surface area contributed by atoms with Crippen molar-refractivity contribution in [2.24, 2.45) is 0 Å². The van der Waals surface area contributed by atoms with Gasteiger partial charge in [-0.25, -0.2) is 18.4 Å². The zero-order valence-electron chi connectivity index (χ0n) is 17.3. The molecule has 1 N–H and O–H groups in total. The molecule has 1 atom stereocenters. The highest BCUT2D eigenvalue weighted by Gasteiger charge is 2.23. The van der Waals surface area contributed by atoms with Crippen molar-refractivity contribution in [3.8, 4) is 16.3 Å². The number of thiophene rings is 1. The summed E-state index contributed by atoms with van der Waals surface area (Å²) in [7, 11) is 0. The monoisotopic (exact) mass is 470 g/mol. The molecule has 0 aliphatic rings. The quantitative estimate of drug-likeness (QED) is 0.402. The van der Waals surface area contributed by atoms with Gasteiger partial charge in [0.15, 0.2) is 5.65 Å². The van der Waals surface area contributed by atoms with Crippen LogP contribution in [0.1, 0.15) is 46.2 Å². The maximum atomic E-state index is 13.6. The fraction of sp³-hybridized carbons (Fsp3) is 0.200. The van der Waals surface area contributed by atoms with Crippen LogP contribution in [0, 0.1) is 6.92 Å². The molecule has 0 radical (unpaired) electrons. The Labute approximate surface area is 188 Å². The van der Waals surface area contributed by atoms with Crippen LogP contribution in [0.15, 0.2) is 47.6 Å². The lowest BCUT2D eigenvalue weighted by atomic mass is 10.2. The largest absolute Gasteiger partial charge is 0.426 e. The smallest absolute Gasteiger partial charge is 0.282 e. The Morgan fingerprint density at radius 2 is 2.09 bits per heavy atom. The summed E-state index contributed by atoms with van der Waals surface area (Å²) in [5.41, 5.74) is 1.05. The van der Waals surface area contributed by atoms with Crippen LogP contribution in [0.25, 0.3) is 21.9 Å². The van der Waals surface area contributed by atoms with Gasteiger partial charge in [-0.15, -0.1) is 26.6 Å². The second-order valence-corrected chi connectivity index (χ2v) is 8.49. The fourth-order valence-corrected chi connectivity index (χ4v) is 4.27. The molecule has 0 saturated heterocycles. The molecule has 5 aromatic rings. The third kappa shape index (κ3) is 3.75. The fourth-order valence-electron chi connectivity index (χ4n) is 3.39. The van der Waals surface area contributed by atoms with E-state index in [2.05, 4.69) is 30.8 Å². The van der Waals surface area contributed by atoms with Crippen molar-refractivity contribution >= 4 is 22.9 Å². The predicted octanol–water partition coefficient (Wildman–Crippen LogP) is 3.76. The second kappa shape index (κ2) is 8.16. The molecule has 5 aromatic heterocycles. The first kappa shape index (κ1) is 20.9. The molecule has 0 fully saturated rings. The number of alkyl halides is 2. The number of hydrogen-bond acceptors (Lipinski definition) is 8. The van der Waals surface area contributed by atoms with Crippen molar-refractivity contribution in [2.75, 3.05) is 0 Å². The number of pyridine rings is 1. The molecular formula is C20H16F2N8O2S. The van der Waals surface area contributed by atoms with Crippen LogP contribution in [0.2, 0.25) is 0 Å². The van der Waals surface area contributed by atoms with E-state index in [1.54, 1.807) is 35.1 Å². The van der Waals surface area contributed by atoms with Gasteiger partial charge < -0.3 is 9.73 Å². The van der Waals surface area contributed by atoms with E-state index in [4.69, 9.17) is 4.42 Å². The third-order valence-corrected chi connectivity index (χ3v) is 5.99. The van der Waals surface area contributed by atoms with Gasteiger partial charge in [-0.3, -0.25) is 9.20 Å². The molecule has 10 nitrogen and oxygen atoms in total. The number of nitrogens with one attached hydrogen (secondary N) is 1. The van der Waals surface area contributed by atoms with E-state index < -0.39 is 24.1 Å². The predicted molar refractivity (Wildman–Crippen MR) is 113 cm³/mol. The standard InChI is InChI=1S/C20H16F2N8O2S/c1-10-3-4-16(33-10)14-6-23-18-13(30-15(17(21)22)7-24-28-30)5-12(8-29(14)18)19(31)26-11(2)20-27-25-9-32-20/h3-9,11,17H,1-2H3,(H,26,31)/t11-/m0/s1. The average molecular weight is 470 g/mol. The van der Waals surface area contributed by atoms with E-state index >= 15 is 0 Å². The first-order valence-corrected chi connectivity index (χ1v) is 10.6. The topological polar surface area (TPSA) is 116 Å². The van der Waals surface area contributed by atoms with Crippen LogP contribution in [0.4, 0.5) is 8.78 Å². The minimum Gasteiger partial charge on any atom is -0.426 e. The highest BCUT2D eigenvalue weighted by atomic mass is 32.1. The summed E-state index contributed by atoms with van der Waals surface area (Å²) < 4.78 is 35.0. The first-order valence-electron chi connectivity index (χ1n) is 9.76. The summed E-state index contributed by atoms with van der Waals surface area (Å²) in [6.07, 6.45) is 2.57. The lowest BCUT2D eigenvalue weighted by Gasteiger charge is -2.13. The van der Waals surface area contributed by atoms with Crippen LogP contribution < -0.4 is 5.32 Å². The maximum absolute atomic E-state index is 13.6. The molecule has 0 aliphatic heterocycles.